The van der Waals surface area contributed by atoms with Crippen LogP contribution in [0, 0.1) is 0 Å². The molecule has 0 aliphatic heterocycles. The minimum Gasteiger partial charge on any atom is -0.294 e. The lowest BCUT2D eigenvalue weighted by molar-refractivity contribution is -0.121. The van der Waals surface area contributed by atoms with Gasteiger partial charge in [-0.25, -0.2) is 0 Å². The summed E-state index contributed by atoms with van der Waals surface area (Å²) in [5.74, 6) is -0.384. The average Bonchev–Trinajstić information content (AvgIpc) is 2.64. The van der Waals surface area contributed by atoms with E-state index in [4.69, 9.17) is 0 Å². The summed E-state index contributed by atoms with van der Waals surface area (Å²) in [6.07, 6.45) is 6.37. The molecule has 0 bridgehead atoms. The van der Waals surface area contributed by atoms with Crippen LogP contribution >= 0.6 is 0 Å². The second kappa shape index (κ2) is 9.17. The Morgan fingerprint density at radius 2 is 0.931 bits per heavy atom. The number of hydrogen-bond acceptors (Lipinski definition) is 2. The topological polar surface area (TPSA) is 34.1 Å². The van der Waals surface area contributed by atoms with Crippen molar-refractivity contribution in [1.82, 2.24) is 0 Å². The summed E-state index contributed by atoms with van der Waals surface area (Å²) in [5, 5.41) is 0. The molecule has 0 atom stereocenters. The Balaban J connectivity index is 1.91. The van der Waals surface area contributed by atoms with E-state index in [0.29, 0.717) is 0 Å². The van der Waals surface area contributed by atoms with E-state index in [1.54, 1.807) is 12.2 Å². The van der Waals surface area contributed by atoms with Gasteiger partial charge in [-0.2, -0.15) is 0 Å². The highest BCUT2D eigenvalue weighted by atomic mass is 16.1. The molecule has 0 aliphatic carbocycles. The van der Waals surface area contributed by atoms with E-state index in [2.05, 4.69) is 65.8 Å². The van der Waals surface area contributed by atoms with Gasteiger partial charge < -0.3 is 0 Å². The predicted molar refractivity (Wildman–Crippen MR) is 123 cm³/mol. The molecule has 29 heavy (non-hydrogen) atoms. The van der Waals surface area contributed by atoms with Crippen molar-refractivity contribution in [3.05, 3.63) is 82.9 Å². The van der Waals surface area contributed by atoms with Crippen molar-refractivity contribution in [2.45, 2.75) is 58.8 Å². The summed E-state index contributed by atoms with van der Waals surface area (Å²) in [6, 6.07) is 16.3. The summed E-state index contributed by atoms with van der Waals surface area (Å²) < 4.78 is 0. The number of carbonyl (C=O) groups is 2. The molecule has 2 nitrogen and oxygen atoms in total. The smallest absolute Gasteiger partial charge is 0.163 e. The maximum Gasteiger partial charge on any atom is 0.163 e. The second-order valence-electron chi connectivity index (χ2n) is 9.52. The summed E-state index contributed by atoms with van der Waals surface area (Å²) in [4.78, 5) is 24.2. The van der Waals surface area contributed by atoms with Crippen LogP contribution in [-0.4, -0.2) is 11.6 Å². The van der Waals surface area contributed by atoms with Crippen LogP contribution in [0.4, 0.5) is 0 Å². The van der Waals surface area contributed by atoms with E-state index in [1.807, 2.05) is 24.3 Å². The molecule has 0 fully saturated rings. The number of rotatable bonds is 6. The van der Waals surface area contributed by atoms with Gasteiger partial charge in [0.15, 0.2) is 11.6 Å². The minimum absolute atomic E-state index is 0.101. The Hall–Kier alpha value is -2.74. The summed E-state index contributed by atoms with van der Waals surface area (Å²) in [6.45, 7) is 13.0. The molecule has 2 heteroatoms. The highest BCUT2D eigenvalue weighted by Crippen LogP contribution is 2.23. The van der Waals surface area contributed by atoms with Gasteiger partial charge in [0.2, 0.25) is 0 Å². The van der Waals surface area contributed by atoms with Crippen LogP contribution in [0.25, 0.3) is 12.2 Å². The van der Waals surface area contributed by atoms with E-state index < -0.39 is 0 Å². The third-order valence-electron chi connectivity index (χ3n) is 4.83. The van der Waals surface area contributed by atoms with Gasteiger partial charge in [0, 0.05) is 0 Å². The Labute approximate surface area is 175 Å². The van der Waals surface area contributed by atoms with Gasteiger partial charge in [0.25, 0.3) is 0 Å². The third-order valence-corrected chi connectivity index (χ3v) is 4.83. The summed E-state index contributed by atoms with van der Waals surface area (Å²) in [5.41, 5.74) is 4.60. The first-order valence-corrected chi connectivity index (χ1v) is 10.1. The van der Waals surface area contributed by atoms with E-state index in [9.17, 15) is 9.59 Å². The molecule has 152 valence electrons. The number of allylic oxidation sites excluding steroid dienone is 2. The van der Waals surface area contributed by atoms with Gasteiger partial charge >= 0.3 is 0 Å². The maximum atomic E-state index is 12.1. The maximum absolute atomic E-state index is 12.1. The van der Waals surface area contributed by atoms with Gasteiger partial charge in [-0.3, -0.25) is 9.59 Å². The third kappa shape index (κ3) is 7.30. The van der Waals surface area contributed by atoms with Crippen molar-refractivity contribution in [3.8, 4) is 0 Å². The fourth-order valence-corrected chi connectivity index (χ4v) is 2.86. The molecule has 2 aromatic rings. The van der Waals surface area contributed by atoms with Crippen molar-refractivity contribution >= 4 is 23.7 Å². The zero-order chi connectivity index (χ0) is 21.7. The van der Waals surface area contributed by atoms with E-state index in [0.717, 1.165) is 11.1 Å². The molecule has 2 rings (SSSR count). The van der Waals surface area contributed by atoms with Gasteiger partial charge in [-0.1, -0.05) is 102 Å². The molecule has 0 spiro atoms. The molecule has 0 radical (unpaired) electrons. The van der Waals surface area contributed by atoms with Crippen molar-refractivity contribution < 1.29 is 9.59 Å². The molecule has 0 saturated carbocycles. The Bertz CT molecular complexity index is 819. The molecule has 0 N–H and O–H groups in total. The first kappa shape index (κ1) is 22.5. The minimum atomic E-state index is -0.192. The van der Waals surface area contributed by atoms with Gasteiger partial charge in [-0.05, 0) is 45.2 Å². The lowest BCUT2D eigenvalue weighted by Crippen LogP contribution is -2.10. The number of carbonyl (C=O) groups excluding carboxylic acids is 2. The summed E-state index contributed by atoms with van der Waals surface area (Å²) >= 11 is 0. The highest BCUT2D eigenvalue weighted by molar-refractivity contribution is 6.10. The predicted octanol–water partition coefficient (Wildman–Crippen LogP) is 6.54. The molecule has 0 aliphatic rings. The van der Waals surface area contributed by atoms with Gasteiger partial charge in [-0.15, -0.1) is 0 Å². The van der Waals surface area contributed by atoms with Crippen LogP contribution in [0.15, 0.2) is 60.7 Å². The molecule has 0 unspecified atom stereocenters. The van der Waals surface area contributed by atoms with Gasteiger partial charge in [0.1, 0.15) is 0 Å². The van der Waals surface area contributed by atoms with Crippen molar-refractivity contribution in [2.75, 3.05) is 0 Å². The first-order valence-electron chi connectivity index (χ1n) is 10.1. The standard InChI is InChI=1S/C27H32O2/c1-26(2,3)22-13-7-20(8-14-22)11-17-24(28)19-25(29)18-12-21-9-15-23(16-10-21)27(4,5)6/h7-18H,19H2,1-6H3/b17-11+,18-12+. The van der Waals surface area contributed by atoms with Crippen molar-refractivity contribution in [1.29, 1.82) is 0 Å². The molecular weight excluding hydrogens is 356 g/mol. The van der Waals surface area contributed by atoms with Crippen LogP contribution in [0.2, 0.25) is 0 Å². The fourth-order valence-electron chi connectivity index (χ4n) is 2.86. The van der Waals surface area contributed by atoms with Crippen LogP contribution in [0.3, 0.4) is 0 Å². The Morgan fingerprint density at radius 1 is 0.621 bits per heavy atom. The Kier molecular flexibility index (Phi) is 7.13. The second-order valence-corrected chi connectivity index (χ2v) is 9.52. The molecule has 2 aromatic carbocycles. The monoisotopic (exact) mass is 388 g/mol. The van der Waals surface area contributed by atoms with Crippen LogP contribution in [0.1, 0.15) is 70.2 Å². The van der Waals surface area contributed by atoms with Gasteiger partial charge in [0.05, 0.1) is 6.42 Å². The largest absolute Gasteiger partial charge is 0.294 e. The van der Waals surface area contributed by atoms with Crippen LogP contribution < -0.4 is 0 Å². The average molecular weight is 389 g/mol. The molecule has 0 heterocycles. The molecular formula is C27H32O2. The molecule has 0 amide bonds. The molecule has 0 aromatic heterocycles. The van der Waals surface area contributed by atoms with E-state index in [1.165, 1.54) is 23.3 Å². The lowest BCUT2D eigenvalue weighted by atomic mass is 9.87. The Morgan fingerprint density at radius 3 is 1.21 bits per heavy atom. The lowest BCUT2D eigenvalue weighted by Gasteiger charge is -2.18. The normalized spacial score (nSPS) is 12.6. The van der Waals surface area contributed by atoms with E-state index in [-0.39, 0.29) is 28.8 Å². The summed E-state index contributed by atoms with van der Waals surface area (Å²) in [7, 11) is 0. The number of benzene rings is 2. The van der Waals surface area contributed by atoms with Crippen LogP contribution in [-0.2, 0) is 20.4 Å². The van der Waals surface area contributed by atoms with Crippen molar-refractivity contribution in [3.63, 3.8) is 0 Å². The van der Waals surface area contributed by atoms with Crippen LogP contribution in [0.5, 0.6) is 0 Å². The zero-order valence-corrected chi connectivity index (χ0v) is 18.5. The fraction of sp³-hybridized carbons (Fsp3) is 0.333. The highest BCUT2D eigenvalue weighted by Gasteiger charge is 2.13. The SMILES string of the molecule is CC(C)(C)c1ccc(/C=C/C(=O)CC(=O)/C=C/c2ccc(C(C)(C)C)cc2)cc1. The zero-order valence-electron chi connectivity index (χ0n) is 18.5. The number of hydrogen-bond donors (Lipinski definition) is 0. The van der Waals surface area contributed by atoms with E-state index >= 15 is 0 Å². The first-order chi connectivity index (χ1) is 13.4. The number of ketones is 2. The van der Waals surface area contributed by atoms with Crippen molar-refractivity contribution in [2.24, 2.45) is 0 Å². The quantitative estimate of drug-likeness (QED) is 0.416. The molecule has 0 saturated heterocycles.